The van der Waals surface area contributed by atoms with E-state index in [4.69, 9.17) is 0 Å². The van der Waals surface area contributed by atoms with Crippen molar-refractivity contribution in [3.8, 4) is 11.1 Å². The monoisotopic (exact) mass is 344 g/mol. The van der Waals surface area contributed by atoms with Crippen molar-refractivity contribution in [1.29, 1.82) is 0 Å². The maximum Gasteiger partial charge on any atom is 0.0719 e. The quantitative estimate of drug-likeness (QED) is 0.305. The van der Waals surface area contributed by atoms with Crippen molar-refractivity contribution in [2.45, 2.75) is 18.8 Å². The molecule has 0 heterocycles. The molecule has 6 rings (SSSR count). The molecule has 2 aliphatic rings. The molecule has 0 amide bonds. The van der Waals surface area contributed by atoms with E-state index in [1.54, 1.807) is 0 Å². The summed E-state index contributed by atoms with van der Waals surface area (Å²) >= 11 is 0. The zero-order valence-electron chi connectivity index (χ0n) is 15.4. The second-order valence-electron chi connectivity index (χ2n) is 7.84. The van der Waals surface area contributed by atoms with Crippen LogP contribution in [0.5, 0.6) is 0 Å². The minimum absolute atomic E-state index is 0.205. The summed E-state index contributed by atoms with van der Waals surface area (Å²) in [5.41, 5.74) is 12.5. The third-order valence-corrected chi connectivity index (χ3v) is 6.42. The zero-order chi connectivity index (χ0) is 18.0. The molecule has 4 aromatic carbocycles. The molecule has 128 valence electrons. The average molecular weight is 344 g/mol. The van der Waals surface area contributed by atoms with E-state index in [0.717, 1.165) is 6.42 Å². The first-order chi connectivity index (χ1) is 13.3. The van der Waals surface area contributed by atoms with Crippen LogP contribution in [-0.2, 0) is 11.8 Å². The first kappa shape index (κ1) is 15.0. The van der Waals surface area contributed by atoms with Crippen LogP contribution in [0.25, 0.3) is 11.1 Å². The average Bonchev–Trinajstić information content (AvgIpc) is 3.01. The van der Waals surface area contributed by atoms with Crippen molar-refractivity contribution in [2.24, 2.45) is 0 Å². The molecule has 0 saturated carbocycles. The van der Waals surface area contributed by atoms with E-state index in [1.165, 1.54) is 50.1 Å². The van der Waals surface area contributed by atoms with Gasteiger partial charge < -0.3 is 0 Å². The summed E-state index contributed by atoms with van der Waals surface area (Å²) in [5.74, 6) is 0. The largest absolute Gasteiger partial charge is 0.0719 e. The van der Waals surface area contributed by atoms with E-state index >= 15 is 0 Å². The number of fused-ring (bicyclic) bond motifs is 9. The van der Waals surface area contributed by atoms with Crippen molar-refractivity contribution < 1.29 is 0 Å². The highest BCUT2D eigenvalue weighted by atomic mass is 14.5. The van der Waals surface area contributed by atoms with Crippen molar-refractivity contribution in [1.82, 2.24) is 0 Å². The fourth-order valence-corrected chi connectivity index (χ4v) is 5.40. The van der Waals surface area contributed by atoms with Gasteiger partial charge in [-0.25, -0.2) is 0 Å². The predicted molar refractivity (Wildman–Crippen MR) is 111 cm³/mol. The summed E-state index contributed by atoms with van der Waals surface area (Å²) in [4.78, 5) is 0. The van der Waals surface area contributed by atoms with Crippen LogP contribution >= 0.6 is 0 Å². The van der Waals surface area contributed by atoms with Gasteiger partial charge in [-0.05, 0) is 57.9 Å². The molecule has 0 saturated heterocycles. The fourth-order valence-electron chi connectivity index (χ4n) is 5.40. The molecule has 0 nitrogen and oxygen atoms in total. The molecule has 1 spiro atoms. The summed E-state index contributed by atoms with van der Waals surface area (Å²) in [5, 5.41) is 0. The van der Waals surface area contributed by atoms with Gasteiger partial charge >= 0.3 is 0 Å². The van der Waals surface area contributed by atoms with Crippen LogP contribution in [0.4, 0.5) is 0 Å². The lowest BCUT2D eigenvalue weighted by molar-refractivity contribution is 0.721. The van der Waals surface area contributed by atoms with Crippen molar-refractivity contribution >= 4 is 0 Å². The number of hydrogen-bond acceptors (Lipinski definition) is 0. The smallest absolute Gasteiger partial charge is 0.0620 e. The topological polar surface area (TPSA) is 0 Å². The van der Waals surface area contributed by atoms with E-state index in [-0.39, 0.29) is 5.41 Å². The summed E-state index contributed by atoms with van der Waals surface area (Å²) in [7, 11) is 0. The van der Waals surface area contributed by atoms with Gasteiger partial charge in [0, 0.05) is 0 Å². The molecule has 0 aromatic heterocycles. The van der Waals surface area contributed by atoms with E-state index in [0.29, 0.717) is 0 Å². The van der Waals surface area contributed by atoms with Gasteiger partial charge in [-0.3, -0.25) is 0 Å². The molecule has 0 atom stereocenters. The minimum Gasteiger partial charge on any atom is -0.0620 e. The number of hydrogen-bond donors (Lipinski definition) is 0. The molecule has 0 bridgehead atoms. The van der Waals surface area contributed by atoms with Crippen LogP contribution in [0.2, 0.25) is 0 Å². The van der Waals surface area contributed by atoms with Gasteiger partial charge in [0.05, 0.1) is 5.41 Å². The van der Waals surface area contributed by atoms with Crippen LogP contribution in [0.1, 0.15) is 38.9 Å². The van der Waals surface area contributed by atoms with E-state index in [2.05, 4.69) is 97.9 Å². The lowest BCUT2D eigenvalue weighted by atomic mass is 9.61. The molecule has 0 radical (unpaired) electrons. The maximum absolute atomic E-state index is 2.42. The molecule has 0 aliphatic heterocycles. The Morgan fingerprint density at radius 2 is 1.11 bits per heavy atom. The molecule has 2 aliphatic carbocycles. The summed E-state index contributed by atoms with van der Waals surface area (Å²) < 4.78 is 0. The van der Waals surface area contributed by atoms with Crippen LogP contribution in [0.15, 0.2) is 91.0 Å². The Balaban J connectivity index is 1.86. The zero-order valence-corrected chi connectivity index (χ0v) is 15.4. The van der Waals surface area contributed by atoms with Crippen molar-refractivity contribution in [2.75, 3.05) is 0 Å². The first-order valence-corrected chi connectivity index (χ1v) is 9.68. The third-order valence-electron chi connectivity index (χ3n) is 6.42. The van der Waals surface area contributed by atoms with Gasteiger partial charge in [0.25, 0.3) is 0 Å². The summed E-state index contributed by atoms with van der Waals surface area (Å²) in [6, 6.07) is 34.0. The van der Waals surface area contributed by atoms with Gasteiger partial charge in [0.1, 0.15) is 0 Å². The standard InChI is InChI=1S/C27H20/c1-18-14-15-20-17-19-8-2-5-11-23(19)27(26(20)16-18)24-12-6-3-9-21(24)22-10-4-7-13-25(22)27/h2-16H,17H2,1H3. The van der Waals surface area contributed by atoms with Gasteiger partial charge in [-0.1, -0.05) is 96.6 Å². The summed E-state index contributed by atoms with van der Waals surface area (Å²) in [6.07, 6.45) is 1.01. The molecular weight excluding hydrogens is 324 g/mol. The molecule has 0 N–H and O–H groups in total. The Hall–Kier alpha value is -3.12. The second-order valence-corrected chi connectivity index (χ2v) is 7.84. The van der Waals surface area contributed by atoms with Gasteiger partial charge in [0.2, 0.25) is 0 Å². The second kappa shape index (κ2) is 5.20. The molecular formula is C27H20. The van der Waals surface area contributed by atoms with E-state index in [1.807, 2.05) is 0 Å². The van der Waals surface area contributed by atoms with E-state index < -0.39 is 0 Å². The predicted octanol–water partition coefficient (Wildman–Crippen LogP) is 6.26. The van der Waals surface area contributed by atoms with Crippen molar-refractivity contribution in [3.63, 3.8) is 0 Å². The maximum atomic E-state index is 2.42. The number of rotatable bonds is 0. The van der Waals surface area contributed by atoms with Gasteiger partial charge in [-0.15, -0.1) is 0 Å². The Kier molecular flexibility index (Phi) is 2.89. The molecule has 0 heteroatoms. The fraction of sp³-hybridized carbons (Fsp3) is 0.111. The minimum atomic E-state index is -0.205. The molecule has 27 heavy (non-hydrogen) atoms. The highest BCUT2D eigenvalue weighted by Crippen LogP contribution is 2.59. The van der Waals surface area contributed by atoms with Gasteiger partial charge in [-0.2, -0.15) is 0 Å². The highest BCUT2D eigenvalue weighted by Gasteiger charge is 2.49. The van der Waals surface area contributed by atoms with Crippen LogP contribution in [0, 0.1) is 6.92 Å². The Bertz CT molecular complexity index is 1170. The highest BCUT2D eigenvalue weighted by molar-refractivity contribution is 5.87. The molecule has 0 unspecified atom stereocenters. The van der Waals surface area contributed by atoms with E-state index in [9.17, 15) is 0 Å². The Morgan fingerprint density at radius 1 is 0.556 bits per heavy atom. The van der Waals surface area contributed by atoms with Crippen LogP contribution < -0.4 is 0 Å². The molecule has 0 fully saturated rings. The normalized spacial score (nSPS) is 15.0. The van der Waals surface area contributed by atoms with Crippen LogP contribution in [0.3, 0.4) is 0 Å². The SMILES string of the molecule is Cc1ccc2c(c1)C1(c3ccccc3C2)c2ccccc2-c2ccccc21. The first-order valence-electron chi connectivity index (χ1n) is 9.68. The lowest BCUT2D eigenvalue weighted by Crippen LogP contribution is -2.34. The number of aryl methyl sites for hydroxylation is 1. The Labute approximate surface area is 160 Å². The van der Waals surface area contributed by atoms with Crippen molar-refractivity contribution in [3.05, 3.63) is 130 Å². The van der Waals surface area contributed by atoms with Gasteiger partial charge in [0.15, 0.2) is 0 Å². The number of benzene rings is 4. The molecule has 4 aromatic rings. The Morgan fingerprint density at radius 3 is 1.81 bits per heavy atom. The van der Waals surface area contributed by atoms with Crippen LogP contribution in [-0.4, -0.2) is 0 Å². The third kappa shape index (κ3) is 1.78. The lowest BCUT2D eigenvalue weighted by Gasteiger charge is -2.40. The summed E-state index contributed by atoms with van der Waals surface area (Å²) in [6.45, 7) is 2.21.